The predicted octanol–water partition coefficient (Wildman–Crippen LogP) is 4.82. The molecule has 3 aromatic carbocycles. The van der Waals surface area contributed by atoms with Crippen LogP contribution in [0.1, 0.15) is 16.7 Å². The van der Waals surface area contributed by atoms with Crippen molar-refractivity contribution in [3.05, 3.63) is 95.7 Å². The second-order valence-electron chi connectivity index (χ2n) is 6.94. The van der Waals surface area contributed by atoms with Crippen LogP contribution >= 0.6 is 0 Å². The zero-order valence-corrected chi connectivity index (χ0v) is 15.6. The van der Waals surface area contributed by atoms with E-state index in [2.05, 4.69) is 14.7 Å². The summed E-state index contributed by atoms with van der Waals surface area (Å²) in [6.45, 7) is 0. The monoisotopic (exact) mass is 405 g/mol. The van der Waals surface area contributed by atoms with Crippen LogP contribution < -0.4 is 9.73 Å². The largest absolute Gasteiger partial charge is 0.573 e. The molecule has 0 atom stereocenters. The number of aromatic nitrogens is 1. The molecule has 0 saturated heterocycles. The third kappa shape index (κ3) is 3.26. The maximum absolute atomic E-state index is 12.6. The number of hydrogen-bond donors (Lipinski definition) is 2. The molecule has 0 spiro atoms. The topological polar surface area (TPSA) is 39.0 Å². The van der Waals surface area contributed by atoms with Crippen LogP contribution in [0.2, 0.25) is 0 Å². The average Bonchev–Trinajstić information content (AvgIpc) is 3.34. The summed E-state index contributed by atoms with van der Waals surface area (Å²) >= 11 is 0. The van der Waals surface area contributed by atoms with Crippen molar-refractivity contribution in [3.8, 4) is 5.75 Å². The lowest BCUT2D eigenvalue weighted by Gasteiger charge is -2.12. The zero-order valence-electron chi connectivity index (χ0n) is 15.6. The van der Waals surface area contributed by atoms with E-state index in [9.17, 15) is 13.2 Å². The molecule has 0 saturated carbocycles. The maximum atomic E-state index is 12.6. The highest BCUT2D eigenvalue weighted by Crippen LogP contribution is 2.38. The molecule has 1 aliphatic heterocycles. The molecule has 30 heavy (non-hydrogen) atoms. The van der Waals surface area contributed by atoms with E-state index in [0.717, 1.165) is 44.4 Å². The van der Waals surface area contributed by atoms with Gasteiger partial charge in [0.05, 0.1) is 11.1 Å². The van der Waals surface area contributed by atoms with E-state index in [0.29, 0.717) is 0 Å². The lowest BCUT2D eigenvalue weighted by Crippen LogP contribution is -2.58. The summed E-state index contributed by atoms with van der Waals surface area (Å²) in [5.74, 6) is -0.247. The summed E-state index contributed by atoms with van der Waals surface area (Å²) in [6.07, 6.45) is -0.856. The molecule has 0 bridgehead atoms. The summed E-state index contributed by atoms with van der Waals surface area (Å²) in [4.78, 5) is 6.57. The molecule has 2 N–H and O–H groups in total. The number of allylic oxidation sites excluding steroid dienone is 1. The molecule has 0 fully saturated rings. The second kappa shape index (κ2) is 6.91. The van der Waals surface area contributed by atoms with Gasteiger partial charge in [0.15, 0.2) is 6.21 Å². The molecule has 6 heteroatoms. The number of H-pyrrole nitrogens is 1. The predicted molar refractivity (Wildman–Crippen MR) is 110 cm³/mol. The minimum absolute atomic E-state index is 0.247. The van der Waals surface area contributed by atoms with Gasteiger partial charge in [-0.3, -0.25) is 0 Å². The fraction of sp³-hybridized carbons (Fsp3) is 0.0417. The van der Waals surface area contributed by atoms with Gasteiger partial charge in [-0.1, -0.05) is 42.5 Å². The van der Waals surface area contributed by atoms with Gasteiger partial charge in [0, 0.05) is 34.3 Å². The Morgan fingerprint density at radius 3 is 2.40 bits per heavy atom. The van der Waals surface area contributed by atoms with Crippen molar-refractivity contribution in [3.63, 3.8) is 0 Å². The minimum atomic E-state index is -4.72. The van der Waals surface area contributed by atoms with E-state index in [1.54, 1.807) is 12.1 Å². The van der Waals surface area contributed by atoms with Gasteiger partial charge in [-0.05, 0) is 29.8 Å². The normalized spacial score (nSPS) is 14.8. The lowest BCUT2D eigenvalue weighted by molar-refractivity contribution is -0.342. The molecular weight excluding hydrogens is 389 g/mol. The van der Waals surface area contributed by atoms with Gasteiger partial charge in [-0.25, -0.2) is 4.99 Å². The van der Waals surface area contributed by atoms with E-state index in [-0.39, 0.29) is 5.75 Å². The van der Waals surface area contributed by atoms with Crippen LogP contribution in [-0.2, 0) is 0 Å². The van der Waals surface area contributed by atoms with Crippen molar-refractivity contribution in [1.82, 2.24) is 4.98 Å². The van der Waals surface area contributed by atoms with Crippen molar-refractivity contribution in [2.24, 2.45) is 0 Å². The Morgan fingerprint density at radius 2 is 1.60 bits per heavy atom. The summed E-state index contributed by atoms with van der Waals surface area (Å²) in [7, 11) is 0. The summed E-state index contributed by atoms with van der Waals surface area (Å²) in [6, 6.07) is 21.9. The quantitative estimate of drug-likeness (QED) is 0.504. The first-order chi connectivity index (χ1) is 14.5. The first kappa shape index (κ1) is 18.2. The highest BCUT2D eigenvalue weighted by atomic mass is 19.4. The van der Waals surface area contributed by atoms with Crippen LogP contribution in [0, 0.1) is 0 Å². The number of fused-ring (bicyclic) bond motifs is 2. The Kier molecular flexibility index (Phi) is 4.20. The van der Waals surface area contributed by atoms with Gasteiger partial charge in [0.2, 0.25) is 5.69 Å². The summed E-state index contributed by atoms with van der Waals surface area (Å²) in [5.41, 5.74) is 6.67. The average molecular weight is 405 g/mol. The van der Waals surface area contributed by atoms with Gasteiger partial charge in [0.25, 0.3) is 0 Å². The highest BCUT2D eigenvalue weighted by Gasteiger charge is 2.31. The number of para-hydroxylation sites is 2. The van der Waals surface area contributed by atoms with Gasteiger partial charge < -0.3 is 9.72 Å². The van der Waals surface area contributed by atoms with Gasteiger partial charge in [-0.2, -0.15) is 0 Å². The Bertz CT molecular complexity index is 1300. The van der Waals surface area contributed by atoms with Gasteiger partial charge >= 0.3 is 6.36 Å². The molecular formula is C24H16F3N2O+. The van der Waals surface area contributed by atoms with E-state index in [1.165, 1.54) is 12.1 Å². The molecule has 0 radical (unpaired) electrons. The summed E-state index contributed by atoms with van der Waals surface area (Å²) < 4.78 is 41.7. The van der Waals surface area contributed by atoms with Gasteiger partial charge in [-0.15, -0.1) is 13.2 Å². The number of nitrogens with one attached hydrogen (secondary N) is 2. The van der Waals surface area contributed by atoms with E-state index in [4.69, 9.17) is 0 Å². The molecule has 148 valence electrons. The van der Waals surface area contributed by atoms with Crippen molar-refractivity contribution < 1.29 is 22.9 Å². The van der Waals surface area contributed by atoms with Crippen LogP contribution in [0.25, 0.3) is 22.0 Å². The fourth-order valence-corrected chi connectivity index (χ4v) is 3.84. The molecule has 1 aromatic heterocycles. The van der Waals surface area contributed by atoms with Crippen LogP contribution in [0.4, 0.5) is 18.9 Å². The Morgan fingerprint density at radius 1 is 0.867 bits per heavy atom. The number of alkyl halides is 3. The minimum Gasteiger partial charge on any atom is -0.406 e. The smallest absolute Gasteiger partial charge is 0.406 e. The lowest BCUT2D eigenvalue weighted by atomic mass is 9.90. The van der Waals surface area contributed by atoms with Crippen molar-refractivity contribution in [2.75, 3.05) is 0 Å². The number of rotatable bonds is 3. The van der Waals surface area contributed by atoms with Crippen molar-refractivity contribution in [2.45, 2.75) is 6.36 Å². The Labute approximate surface area is 170 Å². The molecule has 1 aliphatic rings. The van der Waals surface area contributed by atoms with Crippen LogP contribution in [0.3, 0.4) is 0 Å². The molecule has 0 aliphatic carbocycles. The fourth-order valence-electron chi connectivity index (χ4n) is 3.84. The highest BCUT2D eigenvalue weighted by molar-refractivity contribution is 6.24. The standard InChI is InChI=1S/C24H15F3N2O/c25-24(26,27)30-16-11-9-15(10-12-16)23(19-13-28-21-7-3-1-5-17(19)21)20-14-29-22-8-4-2-6-18(20)22/h1-14,28H/p+1/b23-20+. The van der Waals surface area contributed by atoms with E-state index in [1.807, 2.05) is 60.9 Å². The Balaban J connectivity index is 1.71. The van der Waals surface area contributed by atoms with Crippen LogP contribution in [0.5, 0.6) is 5.75 Å². The second-order valence-corrected chi connectivity index (χ2v) is 6.94. The third-order valence-corrected chi connectivity index (χ3v) is 5.09. The first-order valence-corrected chi connectivity index (χ1v) is 9.36. The molecule has 0 amide bonds. The molecule has 2 heterocycles. The SMILES string of the molecule is FC(F)(F)Oc1ccc(/C(=C2/C=[NH+]c3ccccc32)c2c[nH]c3ccccc23)cc1. The van der Waals surface area contributed by atoms with E-state index >= 15 is 0 Å². The molecule has 4 aromatic rings. The van der Waals surface area contributed by atoms with Crippen molar-refractivity contribution >= 4 is 34.0 Å². The number of ether oxygens (including phenoxy) is 1. The molecule has 5 rings (SSSR count). The number of hydrogen-bond acceptors (Lipinski definition) is 1. The van der Waals surface area contributed by atoms with Crippen LogP contribution in [-0.4, -0.2) is 17.6 Å². The number of benzene rings is 3. The molecule has 0 unspecified atom stereocenters. The third-order valence-electron chi connectivity index (χ3n) is 5.09. The zero-order chi connectivity index (χ0) is 20.7. The maximum Gasteiger partial charge on any atom is 0.573 e. The van der Waals surface area contributed by atoms with Crippen LogP contribution in [0.15, 0.2) is 79.0 Å². The van der Waals surface area contributed by atoms with Crippen molar-refractivity contribution in [1.29, 1.82) is 0 Å². The number of halogens is 3. The Hall–Kier alpha value is -3.80. The summed E-state index contributed by atoms with van der Waals surface area (Å²) in [5, 5.41) is 1.04. The number of aromatic amines is 1. The molecule has 3 nitrogen and oxygen atoms in total. The van der Waals surface area contributed by atoms with E-state index < -0.39 is 6.36 Å². The first-order valence-electron chi connectivity index (χ1n) is 9.36. The van der Waals surface area contributed by atoms with Gasteiger partial charge in [0.1, 0.15) is 5.75 Å².